The monoisotopic (exact) mass is 223 g/mol. The summed E-state index contributed by atoms with van der Waals surface area (Å²) in [5.41, 5.74) is 0.659. The number of hydrogen-bond acceptors (Lipinski definition) is 3. The molecule has 2 N–H and O–H groups in total. The van der Waals surface area contributed by atoms with E-state index in [1.807, 2.05) is 6.07 Å². The van der Waals surface area contributed by atoms with Gasteiger partial charge in [0.1, 0.15) is 0 Å². The van der Waals surface area contributed by atoms with Gasteiger partial charge < -0.3 is 0 Å². The van der Waals surface area contributed by atoms with Crippen LogP contribution in [0.3, 0.4) is 0 Å². The van der Waals surface area contributed by atoms with Gasteiger partial charge in [-0.1, -0.05) is 18.2 Å². The molecule has 0 atom stereocenters. The Bertz CT molecular complexity index is 560. The van der Waals surface area contributed by atoms with Gasteiger partial charge in [0.2, 0.25) is 0 Å². The molecule has 0 saturated carbocycles. The summed E-state index contributed by atoms with van der Waals surface area (Å²) >= 11 is 0. The Morgan fingerprint density at radius 1 is 1.13 bits per heavy atom. The average Bonchev–Trinajstić information content (AvgIpc) is 2.67. The van der Waals surface area contributed by atoms with E-state index in [0.717, 1.165) is 0 Å². The maximum absolute atomic E-state index is 11.2. The standard InChI is InChI=1S/C9H9N3O2S/c10-15(13,14)9-6-7-11-12(9)8-4-2-1-3-5-8/h1-7H,(H2,10,13,14). The lowest BCUT2D eigenvalue weighted by molar-refractivity contribution is 0.587. The van der Waals surface area contributed by atoms with Gasteiger partial charge in [0, 0.05) is 0 Å². The molecule has 0 aliphatic rings. The predicted molar refractivity (Wildman–Crippen MR) is 54.9 cm³/mol. The van der Waals surface area contributed by atoms with Crippen LogP contribution >= 0.6 is 0 Å². The molecule has 0 saturated heterocycles. The molecule has 2 aromatic rings. The predicted octanol–water partition coefficient (Wildman–Crippen LogP) is 0.520. The summed E-state index contributed by atoms with van der Waals surface area (Å²) in [7, 11) is -3.74. The minimum Gasteiger partial charge on any atom is -0.223 e. The van der Waals surface area contributed by atoms with Crippen LogP contribution in [0.4, 0.5) is 0 Å². The lowest BCUT2D eigenvalue weighted by atomic mass is 10.3. The summed E-state index contributed by atoms with van der Waals surface area (Å²) in [6, 6.07) is 10.3. The summed E-state index contributed by atoms with van der Waals surface area (Å²) in [5, 5.41) is 8.94. The van der Waals surface area contributed by atoms with Gasteiger partial charge in [-0.15, -0.1) is 0 Å². The van der Waals surface area contributed by atoms with Crippen LogP contribution in [-0.2, 0) is 10.0 Å². The topological polar surface area (TPSA) is 78.0 Å². The van der Waals surface area contributed by atoms with Crippen molar-refractivity contribution in [3.8, 4) is 5.69 Å². The van der Waals surface area contributed by atoms with Crippen LogP contribution in [0.1, 0.15) is 0 Å². The van der Waals surface area contributed by atoms with Crippen molar-refractivity contribution in [3.63, 3.8) is 0 Å². The van der Waals surface area contributed by atoms with Crippen molar-refractivity contribution in [2.45, 2.75) is 5.03 Å². The minimum atomic E-state index is -3.74. The van der Waals surface area contributed by atoms with Crippen LogP contribution in [0.5, 0.6) is 0 Å². The molecule has 15 heavy (non-hydrogen) atoms. The summed E-state index contributed by atoms with van der Waals surface area (Å²) < 4.78 is 23.7. The molecule has 5 nitrogen and oxygen atoms in total. The van der Waals surface area contributed by atoms with E-state index in [-0.39, 0.29) is 5.03 Å². The molecule has 0 aliphatic heterocycles. The molecule has 2 rings (SSSR count). The van der Waals surface area contributed by atoms with Gasteiger partial charge in [-0.05, 0) is 18.2 Å². The maximum Gasteiger partial charge on any atom is 0.255 e. The van der Waals surface area contributed by atoms with E-state index in [1.165, 1.54) is 16.9 Å². The molecule has 1 aromatic heterocycles. The highest BCUT2D eigenvalue weighted by molar-refractivity contribution is 7.89. The molecule has 6 heteroatoms. The Morgan fingerprint density at radius 3 is 2.40 bits per heavy atom. The first-order valence-electron chi connectivity index (χ1n) is 4.21. The molecular formula is C9H9N3O2S. The Labute approximate surface area is 87.2 Å². The first-order valence-corrected chi connectivity index (χ1v) is 5.76. The third-order valence-corrected chi connectivity index (χ3v) is 2.79. The SMILES string of the molecule is NS(=O)(=O)c1ccnn1-c1ccccc1. The second kappa shape index (κ2) is 3.48. The van der Waals surface area contributed by atoms with E-state index in [0.29, 0.717) is 5.69 Å². The summed E-state index contributed by atoms with van der Waals surface area (Å²) in [6.45, 7) is 0. The molecule has 1 aromatic carbocycles. The van der Waals surface area contributed by atoms with Crippen molar-refractivity contribution in [3.05, 3.63) is 42.6 Å². The molecular weight excluding hydrogens is 214 g/mol. The van der Waals surface area contributed by atoms with Crippen molar-refractivity contribution >= 4 is 10.0 Å². The fourth-order valence-corrected chi connectivity index (χ4v) is 1.91. The first-order chi connectivity index (χ1) is 7.09. The Hall–Kier alpha value is -1.66. The Balaban J connectivity index is 2.61. The number of primary sulfonamides is 1. The average molecular weight is 223 g/mol. The molecule has 0 radical (unpaired) electrons. The molecule has 1 heterocycles. The molecule has 0 aliphatic carbocycles. The van der Waals surface area contributed by atoms with Crippen molar-refractivity contribution in [2.24, 2.45) is 5.14 Å². The van der Waals surface area contributed by atoms with Gasteiger partial charge in [-0.3, -0.25) is 0 Å². The number of rotatable bonds is 2. The van der Waals surface area contributed by atoms with Crippen LogP contribution in [0.25, 0.3) is 5.69 Å². The zero-order valence-electron chi connectivity index (χ0n) is 7.74. The minimum absolute atomic E-state index is 0.0197. The zero-order chi connectivity index (χ0) is 10.9. The number of benzene rings is 1. The highest BCUT2D eigenvalue weighted by atomic mass is 32.2. The van der Waals surface area contributed by atoms with Crippen LogP contribution in [0.15, 0.2) is 47.6 Å². The highest BCUT2D eigenvalue weighted by Gasteiger charge is 2.14. The van der Waals surface area contributed by atoms with E-state index in [9.17, 15) is 8.42 Å². The van der Waals surface area contributed by atoms with E-state index < -0.39 is 10.0 Å². The highest BCUT2D eigenvalue weighted by Crippen LogP contribution is 2.12. The van der Waals surface area contributed by atoms with Gasteiger partial charge in [0.15, 0.2) is 5.03 Å². The third-order valence-electron chi connectivity index (χ3n) is 1.90. The summed E-state index contributed by atoms with van der Waals surface area (Å²) in [6.07, 6.45) is 1.40. The second-order valence-corrected chi connectivity index (χ2v) is 4.47. The van der Waals surface area contributed by atoms with E-state index in [4.69, 9.17) is 5.14 Å². The van der Waals surface area contributed by atoms with Crippen LogP contribution in [0, 0.1) is 0 Å². The smallest absolute Gasteiger partial charge is 0.223 e. The quantitative estimate of drug-likeness (QED) is 0.806. The van der Waals surface area contributed by atoms with Gasteiger partial charge in [0.05, 0.1) is 11.9 Å². The number of aromatic nitrogens is 2. The fraction of sp³-hybridized carbons (Fsp3) is 0. The Kier molecular flexibility index (Phi) is 2.29. The van der Waals surface area contributed by atoms with Gasteiger partial charge >= 0.3 is 0 Å². The molecule has 0 unspecified atom stereocenters. The van der Waals surface area contributed by atoms with Crippen LogP contribution < -0.4 is 5.14 Å². The number of hydrogen-bond donors (Lipinski definition) is 1. The van der Waals surface area contributed by atoms with E-state index in [2.05, 4.69) is 5.10 Å². The first kappa shape index (κ1) is 9.88. The van der Waals surface area contributed by atoms with Gasteiger partial charge in [-0.25, -0.2) is 18.2 Å². The zero-order valence-corrected chi connectivity index (χ0v) is 8.55. The fourth-order valence-electron chi connectivity index (χ4n) is 1.27. The van der Waals surface area contributed by atoms with Gasteiger partial charge in [-0.2, -0.15) is 5.10 Å². The molecule has 78 valence electrons. The second-order valence-electron chi connectivity index (χ2n) is 2.96. The lowest BCUT2D eigenvalue weighted by Gasteiger charge is -2.04. The van der Waals surface area contributed by atoms with Crippen molar-refractivity contribution in [1.29, 1.82) is 0 Å². The molecule has 0 bridgehead atoms. The summed E-state index contributed by atoms with van der Waals surface area (Å²) in [5.74, 6) is 0. The maximum atomic E-state index is 11.2. The number of nitrogens with zero attached hydrogens (tertiary/aromatic N) is 2. The number of sulfonamides is 1. The van der Waals surface area contributed by atoms with Crippen molar-refractivity contribution in [1.82, 2.24) is 9.78 Å². The largest absolute Gasteiger partial charge is 0.255 e. The molecule has 0 amide bonds. The Morgan fingerprint density at radius 2 is 1.80 bits per heavy atom. The van der Waals surface area contributed by atoms with E-state index in [1.54, 1.807) is 24.3 Å². The van der Waals surface area contributed by atoms with Crippen molar-refractivity contribution in [2.75, 3.05) is 0 Å². The van der Waals surface area contributed by atoms with Gasteiger partial charge in [0.25, 0.3) is 10.0 Å². The van der Waals surface area contributed by atoms with Crippen LogP contribution in [-0.4, -0.2) is 18.2 Å². The molecule has 0 spiro atoms. The normalized spacial score (nSPS) is 11.5. The van der Waals surface area contributed by atoms with Crippen molar-refractivity contribution < 1.29 is 8.42 Å². The number of para-hydroxylation sites is 1. The third kappa shape index (κ3) is 1.90. The summed E-state index contributed by atoms with van der Waals surface area (Å²) in [4.78, 5) is 0. The lowest BCUT2D eigenvalue weighted by Crippen LogP contribution is -2.17. The van der Waals surface area contributed by atoms with Crippen LogP contribution in [0.2, 0.25) is 0 Å². The number of nitrogens with two attached hydrogens (primary N) is 1. The van der Waals surface area contributed by atoms with E-state index >= 15 is 0 Å². The molecule has 0 fully saturated rings.